The predicted molar refractivity (Wildman–Crippen MR) is 67.2 cm³/mol. The maximum absolute atomic E-state index is 14.2. The van der Waals surface area contributed by atoms with Crippen molar-refractivity contribution in [2.45, 2.75) is 0 Å². The number of imidazole rings is 1. The molecule has 0 N–H and O–H groups in total. The second-order valence-electron chi connectivity index (χ2n) is 3.99. The van der Waals surface area contributed by atoms with E-state index in [1.54, 1.807) is 30.5 Å². The fourth-order valence-electron chi connectivity index (χ4n) is 1.92. The Balaban J connectivity index is 2.21. The maximum Gasteiger partial charge on any atom is 0.270 e. The van der Waals surface area contributed by atoms with Crippen LogP contribution < -0.4 is 0 Å². The number of pyridine rings is 1. The van der Waals surface area contributed by atoms with Crippen LogP contribution in [0.5, 0.6) is 0 Å². The Kier molecular flexibility index (Phi) is 2.49. The molecule has 1 aromatic carbocycles. The van der Waals surface area contributed by atoms with Crippen molar-refractivity contribution in [2.24, 2.45) is 0 Å². The molecule has 0 saturated heterocycles. The van der Waals surface area contributed by atoms with Crippen LogP contribution in [0, 0.1) is 16.1 Å². The van der Waals surface area contributed by atoms with Crippen LogP contribution in [-0.4, -0.2) is 14.3 Å². The Labute approximate surface area is 107 Å². The second-order valence-corrected chi connectivity index (χ2v) is 3.99. The molecule has 3 rings (SSSR count). The minimum absolute atomic E-state index is 0.0889. The summed E-state index contributed by atoms with van der Waals surface area (Å²) in [5, 5.41) is 10.7. The number of halogens is 1. The van der Waals surface area contributed by atoms with E-state index in [2.05, 4.69) is 4.98 Å². The fourth-order valence-corrected chi connectivity index (χ4v) is 1.92. The number of fused-ring (bicyclic) bond motifs is 1. The molecular weight excluding hydrogens is 249 g/mol. The molecule has 2 aromatic heterocycles. The fraction of sp³-hybridized carbons (Fsp3) is 0. The SMILES string of the molecule is O=[N+]([O-])c1cccc(-c2nc3ccccn3c2F)c1. The van der Waals surface area contributed by atoms with Crippen molar-refractivity contribution in [3.8, 4) is 11.3 Å². The van der Waals surface area contributed by atoms with Crippen molar-refractivity contribution in [2.75, 3.05) is 0 Å². The quantitative estimate of drug-likeness (QED) is 0.523. The van der Waals surface area contributed by atoms with Gasteiger partial charge in [-0.2, -0.15) is 4.39 Å². The predicted octanol–water partition coefficient (Wildman–Crippen LogP) is 3.05. The summed E-state index contributed by atoms with van der Waals surface area (Å²) in [4.78, 5) is 14.4. The third-order valence-corrected chi connectivity index (χ3v) is 2.80. The molecule has 0 aliphatic carbocycles. The molecule has 0 unspecified atom stereocenters. The number of aromatic nitrogens is 2. The van der Waals surface area contributed by atoms with E-state index in [9.17, 15) is 14.5 Å². The molecule has 0 bridgehead atoms. The van der Waals surface area contributed by atoms with Crippen LogP contribution >= 0.6 is 0 Å². The molecule has 94 valence electrons. The molecular formula is C13H8FN3O2. The van der Waals surface area contributed by atoms with Gasteiger partial charge in [0.1, 0.15) is 11.3 Å². The zero-order valence-corrected chi connectivity index (χ0v) is 9.65. The summed E-state index contributed by atoms with van der Waals surface area (Å²) in [5.74, 6) is -0.531. The number of non-ortho nitro benzene ring substituents is 1. The number of nitrogens with zero attached hydrogens (tertiary/aromatic N) is 3. The molecule has 5 nitrogen and oxygen atoms in total. The van der Waals surface area contributed by atoms with Crippen LogP contribution in [0.15, 0.2) is 48.7 Å². The van der Waals surface area contributed by atoms with Gasteiger partial charge >= 0.3 is 0 Å². The van der Waals surface area contributed by atoms with Gasteiger partial charge in [-0.15, -0.1) is 0 Å². The van der Waals surface area contributed by atoms with Gasteiger partial charge in [0.15, 0.2) is 0 Å². The summed E-state index contributed by atoms with van der Waals surface area (Å²) in [6.45, 7) is 0. The Morgan fingerprint density at radius 2 is 2.05 bits per heavy atom. The van der Waals surface area contributed by atoms with Gasteiger partial charge in [-0.25, -0.2) is 4.98 Å². The number of benzene rings is 1. The van der Waals surface area contributed by atoms with Crippen molar-refractivity contribution >= 4 is 11.3 Å². The zero-order chi connectivity index (χ0) is 13.4. The lowest BCUT2D eigenvalue weighted by Crippen LogP contribution is -1.90. The summed E-state index contributed by atoms with van der Waals surface area (Å²) in [6.07, 6.45) is 1.55. The first kappa shape index (κ1) is 11.3. The highest BCUT2D eigenvalue weighted by molar-refractivity contribution is 5.65. The third-order valence-electron chi connectivity index (χ3n) is 2.80. The van der Waals surface area contributed by atoms with E-state index in [0.29, 0.717) is 11.2 Å². The molecule has 0 aliphatic rings. The van der Waals surface area contributed by atoms with E-state index >= 15 is 0 Å². The monoisotopic (exact) mass is 257 g/mol. The minimum Gasteiger partial charge on any atom is -0.276 e. The normalized spacial score (nSPS) is 10.8. The number of nitro groups is 1. The average Bonchev–Trinajstić information content (AvgIpc) is 2.77. The molecule has 0 aliphatic heterocycles. The molecule has 0 saturated carbocycles. The Bertz CT molecular complexity index is 782. The second kappa shape index (κ2) is 4.16. The van der Waals surface area contributed by atoms with Crippen LogP contribution in [0.3, 0.4) is 0 Å². The first-order chi connectivity index (χ1) is 9.16. The van der Waals surface area contributed by atoms with Crippen LogP contribution in [0.25, 0.3) is 16.9 Å². The number of hydrogen-bond acceptors (Lipinski definition) is 3. The van der Waals surface area contributed by atoms with Gasteiger partial charge in [-0.05, 0) is 12.1 Å². The molecule has 0 spiro atoms. The third kappa shape index (κ3) is 1.83. The van der Waals surface area contributed by atoms with Gasteiger partial charge in [-0.3, -0.25) is 14.5 Å². The summed E-state index contributed by atoms with van der Waals surface area (Å²) < 4.78 is 15.5. The highest BCUT2D eigenvalue weighted by Crippen LogP contribution is 2.26. The van der Waals surface area contributed by atoms with Crippen LogP contribution in [-0.2, 0) is 0 Å². The highest BCUT2D eigenvalue weighted by Gasteiger charge is 2.15. The number of rotatable bonds is 2. The van der Waals surface area contributed by atoms with Gasteiger partial charge < -0.3 is 0 Å². The molecule has 2 heterocycles. The van der Waals surface area contributed by atoms with Gasteiger partial charge in [0.25, 0.3) is 5.69 Å². The summed E-state index contributed by atoms with van der Waals surface area (Å²) in [5.41, 5.74) is 0.862. The zero-order valence-electron chi connectivity index (χ0n) is 9.65. The van der Waals surface area contributed by atoms with Crippen molar-refractivity contribution in [3.05, 3.63) is 64.7 Å². The molecule has 0 radical (unpaired) electrons. The van der Waals surface area contributed by atoms with Gasteiger partial charge in [0.05, 0.1) is 4.92 Å². The van der Waals surface area contributed by atoms with Crippen molar-refractivity contribution in [1.29, 1.82) is 0 Å². The van der Waals surface area contributed by atoms with Crippen LogP contribution in [0.4, 0.5) is 10.1 Å². The Morgan fingerprint density at radius 1 is 1.21 bits per heavy atom. The maximum atomic E-state index is 14.2. The highest BCUT2D eigenvalue weighted by atomic mass is 19.1. The largest absolute Gasteiger partial charge is 0.276 e. The van der Waals surface area contributed by atoms with Crippen LogP contribution in [0.1, 0.15) is 0 Å². The first-order valence-electron chi connectivity index (χ1n) is 5.54. The smallest absolute Gasteiger partial charge is 0.270 e. The van der Waals surface area contributed by atoms with Gasteiger partial charge in [-0.1, -0.05) is 18.2 Å². The van der Waals surface area contributed by atoms with Crippen LogP contribution in [0.2, 0.25) is 0 Å². The van der Waals surface area contributed by atoms with E-state index in [1.165, 1.54) is 22.6 Å². The summed E-state index contributed by atoms with van der Waals surface area (Å²) in [7, 11) is 0. The van der Waals surface area contributed by atoms with Crippen molar-refractivity contribution < 1.29 is 9.31 Å². The first-order valence-corrected chi connectivity index (χ1v) is 5.54. The van der Waals surface area contributed by atoms with E-state index < -0.39 is 10.9 Å². The van der Waals surface area contributed by atoms with E-state index in [1.807, 2.05) is 0 Å². The van der Waals surface area contributed by atoms with Gasteiger partial charge in [0.2, 0.25) is 5.95 Å². The lowest BCUT2D eigenvalue weighted by atomic mass is 10.1. The standard InChI is InChI=1S/C13H8FN3O2/c14-13-12(15-11-6-1-2-7-16(11)13)9-4-3-5-10(8-9)17(18)19/h1-8H. The minimum atomic E-state index is -0.531. The summed E-state index contributed by atoms with van der Waals surface area (Å²) >= 11 is 0. The van der Waals surface area contributed by atoms with E-state index in [-0.39, 0.29) is 11.4 Å². The Morgan fingerprint density at radius 3 is 2.79 bits per heavy atom. The molecule has 0 fully saturated rings. The molecule has 6 heteroatoms. The summed E-state index contributed by atoms with van der Waals surface area (Å²) in [6, 6.07) is 10.9. The lowest BCUT2D eigenvalue weighted by molar-refractivity contribution is -0.384. The molecule has 19 heavy (non-hydrogen) atoms. The number of hydrogen-bond donors (Lipinski definition) is 0. The number of nitro benzene ring substituents is 1. The molecule has 3 aromatic rings. The average molecular weight is 257 g/mol. The Hall–Kier alpha value is -2.76. The molecule has 0 atom stereocenters. The topological polar surface area (TPSA) is 60.4 Å². The molecule has 0 amide bonds. The lowest BCUT2D eigenvalue weighted by Gasteiger charge is -1.97. The van der Waals surface area contributed by atoms with Crippen molar-refractivity contribution in [3.63, 3.8) is 0 Å². The van der Waals surface area contributed by atoms with E-state index in [4.69, 9.17) is 0 Å². The van der Waals surface area contributed by atoms with E-state index in [0.717, 1.165) is 0 Å². The van der Waals surface area contributed by atoms with Crippen molar-refractivity contribution in [1.82, 2.24) is 9.38 Å². The van der Waals surface area contributed by atoms with Gasteiger partial charge in [0, 0.05) is 23.9 Å².